The van der Waals surface area contributed by atoms with E-state index >= 15 is 0 Å². The lowest BCUT2D eigenvalue weighted by atomic mass is 10.1. The number of aromatic nitrogens is 2. The third kappa shape index (κ3) is 1.21. The average Bonchev–Trinajstić information content (AvgIpc) is 2.60. The lowest BCUT2D eigenvalue weighted by Crippen LogP contribution is -1.97. The molecule has 0 atom stereocenters. The van der Waals surface area contributed by atoms with Crippen LogP contribution >= 0.6 is 0 Å². The Hall–Kier alpha value is -1.35. The summed E-state index contributed by atoms with van der Waals surface area (Å²) in [5.74, 6) is 0. The van der Waals surface area contributed by atoms with E-state index < -0.39 is 0 Å². The minimum absolute atomic E-state index is 0.573. The number of nitrogens with two attached hydrogens (primary N) is 1. The maximum atomic E-state index is 5.66. The highest BCUT2D eigenvalue weighted by Crippen LogP contribution is 2.20. The number of hydrogen-bond acceptors (Lipinski definition) is 2. The van der Waals surface area contributed by atoms with Crippen molar-refractivity contribution in [3.05, 3.63) is 29.5 Å². The number of benzene rings is 1. The summed E-state index contributed by atoms with van der Waals surface area (Å²) in [6, 6.07) is 6.05. The van der Waals surface area contributed by atoms with E-state index in [4.69, 9.17) is 5.73 Å². The zero-order valence-corrected chi connectivity index (χ0v) is 7.67. The van der Waals surface area contributed by atoms with Gasteiger partial charge in [0.1, 0.15) is 0 Å². The van der Waals surface area contributed by atoms with Gasteiger partial charge in [0.25, 0.3) is 0 Å². The van der Waals surface area contributed by atoms with E-state index in [0.29, 0.717) is 6.54 Å². The van der Waals surface area contributed by atoms with Gasteiger partial charge in [0.2, 0.25) is 0 Å². The van der Waals surface area contributed by atoms with E-state index in [2.05, 4.69) is 23.2 Å². The number of hydrogen-bond donors (Lipinski definition) is 2. The van der Waals surface area contributed by atoms with Crippen LogP contribution in [0.15, 0.2) is 18.2 Å². The monoisotopic (exact) mass is 175 g/mol. The van der Waals surface area contributed by atoms with Gasteiger partial charge in [0.15, 0.2) is 0 Å². The Bertz CT molecular complexity index is 417. The molecule has 0 spiro atoms. The molecule has 1 heterocycles. The molecule has 0 aliphatic heterocycles. The van der Waals surface area contributed by atoms with Crippen LogP contribution < -0.4 is 5.73 Å². The lowest BCUT2D eigenvalue weighted by molar-refractivity contribution is 0.985. The molecule has 0 radical (unpaired) electrons. The molecule has 3 heteroatoms. The summed E-state index contributed by atoms with van der Waals surface area (Å²) in [5.41, 5.74) is 9.02. The predicted octanol–water partition coefficient (Wildman–Crippen LogP) is 1.58. The van der Waals surface area contributed by atoms with E-state index in [1.165, 1.54) is 16.6 Å². The first kappa shape index (κ1) is 8.26. The molecular formula is C10H13N3. The van der Waals surface area contributed by atoms with Gasteiger partial charge in [-0.15, -0.1) is 0 Å². The van der Waals surface area contributed by atoms with E-state index in [1.807, 2.05) is 12.1 Å². The number of nitrogens with zero attached hydrogens (tertiary/aromatic N) is 1. The highest BCUT2D eigenvalue weighted by atomic mass is 15.1. The van der Waals surface area contributed by atoms with Gasteiger partial charge in [0, 0.05) is 17.6 Å². The van der Waals surface area contributed by atoms with Crippen molar-refractivity contribution in [1.82, 2.24) is 10.2 Å². The van der Waals surface area contributed by atoms with Crippen LogP contribution in [0, 0.1) is 0 Å². The van der Waals surface area contributed by atoms with Crippen LogP contribution in [0.5, 0.6) is 0 Å². The third-order valence-electron chi connectivity index (χ3n) is 2.32. The normalized spacial score (nSPS) is 10.9. The van der Waals surface area contributed by atoms with Crippen molar-refractivity contribution >= 4 is 10.9 Å². The largest absolute Gasteiger partial charge is 0.326 e. The van der Waals surface area contributed by atoms with Crippen molar-refractivity contribution in [2.75, 3.05) is 0 Å². The maximum Gasteiger partial charge on any atom is 0.0926 e. The quantitative estimate of drug-likeness (QED) is 0.728. The average molecular weight is 175 g/mol. The van der Waals surface area contributed by atoms with Crippen LogP contribution in [0.25, 0.3) is 10.9 Å². The number of aromatic amines is 1. The van der Waals surface area contributed by atoms with Crippen molar-refractivity contribution < 1.29 is 0 Å². The highest BCUT2D eigenvalue weighted by molar-refractivity contribution is 5.84. The van der Waals surface area contributed by atoms with Gasteiger partial charge in [-0.3, -0.25) is 5.10 Å². The predicted molar refractivity (Wildman–Crippen MR) is 53.4 cm³/mol. The molecule has 0 aliphatic rings. The van der Waals surface area contributed by atoms with Gasteiger partial charge in [-0.1, -0.05) is 19.1 Å². The van der Waals surface area contributed by atoms with Crippen LogP contribution in [0.4, 0.5) is 0 Å². The minimum atomic E-state index is 0.573. The Morgan fingerprint density at radius 1 is 1.46 bits per heavy atom. The number of rotatable bonds is 2. The van der Waals surface area contributed by atoms with E-state index in [-0.39, 0.29) is 0 Å². The lowest BCUT2D eigenvalue weighted by Gasteiger charge is -1.99. The molecule has 1 aromatic carbocycles. The molecule has 13 heavy (non-hydrogen) atoms. The highest BCUT2D eigenvalue weighted by Gasteiger charge is 2.06. The zero-order chi connectivity index (χ0) is 9.26. The Morgan fingerprint density at radius 3 is 3.00 bits per heavy atom. The fourth-order valence-electron chi connectivity index (χ4n) is 1.64. The number of fused-ring (bicyclic) bond motifs is 1. The van der Waals surface area contributed by atoms with Crippen molar-refractivity contribution in [2.45, 2.75) is 19.9 Å². The molecule has 2 rings (SSSR count). The number of nitrogens with one attached hydrogen (secondary N) is 1. The van der Waals surface area contributed by atoms with Crippen LogP contribution in [0.2, 0.25) is 0 Å². The topological polar surface area (TPSA) is 54.7 Å². The standard InChI is InChI=1S/C10H13N3/c1-2-8-10-7(6-11)4-3-5-9(10)13-12-8/h3-5H,2,6,11H2,1H3,(H,12,13). The number of H-pyrrole nitrogens is 1. The second-order valence-electron chi connectivity index (χ2n) is 3.07. The number of aryl methyl sites for hydroxylation is 1. The van der Waals surface area contributed by atoms with Crippen molar-refractivity contribution in [1.29, 1.82) is 0 Å². The Kier molecular flexibility index (Phi) is 2.02. The molecule has 0 unspecified atom stereocenters. The first-order chi connectivity index (χ1) is 6.36. The van der Waals surface area contributed by atoms with Crippen molar-refractivity contribution in [3.63, 3.8) is 0 Å². The minimum Gasteiger partial charge on any atom is -0.326 e. The van der Waals surface area contributed by atoms with Gasteiger partial charge >= 0.3 is 0 Å². The Morgan fingerprint density at radius 2 is 2.31 bits per heavy atom. The Labute approximate surface area is 76.9 Å². The zero-order valence-electron chi connectivity index (χ0n) is 7.67. The Balaban J connectivity index is 2.76. The first-order valence-corrected chi connectivity index (χ1v) is 4.51. The van der Waals surface area contributed by atoms with Gasteiger partial charge < -0.3 is 5.73 Å². The van der Waals surface area contributed by atoms with Crippen molar-refractivity contribution in [3.8, 4) is 0 Å². The SMILES string of the molecule is CCc1[nH]nc2cccc(CN)c12. The molecule has 3 N–H and O–H groups in total. The molecular weight excluding hydrogens is 162 g/mol. The molecule has 0 aliphatic carbocycles. The molecule has 0 saturated heterocycles. The summed E-state index contributed by atoms with van der Waals surface area (Å²) in [5, 5.41) is 8.45. The van der Waals surface area contributed by atoms with Gasteiger partial charge in [-0.05, 0) is 18.1 Å². The second kappa shape index (κ2) is 3.18. The molecule has 0 saturated carbocycles. The molecule has 0 amide bonds. The maximum absolute atomic E-state index is 5.66. The fourth-order valence-corrected chi connectivity index (χ4v) is 1.64. The smallest absolute Gasteiger partial charge is 0.0926 e. The van der Waals surface area contributed by atoms with Crippen LogP contribution in [0.3, 0.4) is 0 Å². The summed E-state index contributed by atoms with van der Waals surface area (Å²) in [6.45, 7) is 2.68. The van der Waals surface area contributed by atoms with Crippen LogP contribution in [-0.2, 0) is 13.0 Å². The van der Waals surface area contributed by atoms with Gasteiger partial charge in [-0.25, -0.2) is 0 Å². The molecule has 2 aromatic rings. The van der Waals surface area contributed by atoms with Gasteiger partial charge in [0.05, 0.1) is 5.52 Å². The van der Waals surface area contributed by atoms with E-state index in [9.17, 15) is 0 Å². The fraction of sp³-hybridized carbons (Fsp3) is 0.300. The van der Waals surface area contributed by atoms with Gasteiger partial charge in [-0.2, -0.15) is 5.10 Å². The third-order valence-corrected chi connectivity index (χ3v) is 2.32. The summed E-state index contributed by atoms with van der Waals surface area (Å²) >= 11 is 0. The van der Waals surface area contributed by atoms with Crippen LogP contribution in [-0.4, -0.2) is 10.2 Å². The molecule has 68 valence electrons. The summed E-state index contributed by atoms with van der Waals surface area (Å²) in [6.07, 6.45) is 0.966. The first-order valence-electron chi connectivity index (χ1n) is 4.51. The molecule has 3 nitrogen and oxygen atoms in total. The second-order valence-corrected chi connectivity index (χ2v) is 3.07. The molecule has 0 fully saturated rings. The summed E-state index contributed by atoms with van der Waals surface area (Å²) < 4.78 is 0. The summed E-state index contributed by atoms with van der Waals surface area (Å²) in [7, 11) is 0. The molecule has 1 aromatic heterocycles. The van der Waals surface area contributed by atoms with Crippen molar-refractivity contribution in [2.24, 2.45) is 5.73 Å². The summed E-state index contributed by atoms with van der Waals surface area (Å²) in [4.78, 5) is 0. The molecule has 0 bridgehead atoms. The van der Waals surface area contributed by atoms with Crippen LogP contribution in [0.1, 0.15) is 18.2 Å². The van der Waals surface area contributed by atoms with E-state index in [0.717, 1.165) is 11.9 Å². The van der Waals surface area contributed by atoms with E-state index in [1.54, 1.807) is 0 Å².